The molecule has 0 atom stereocenters. The number of ether oxygens (including phenoxy) is 2. The number of hydrogen-bond donors (Lipinski definition) is 1. The highest BCUT2D eigenvalue weighted by molar-refractivity contribution is 5.34. The van der Waals surface area contributed by atoms with Gasteiger partial charge < -0.3 is 19.3 Å². The van der Waals surface area contributed by atoms with Crippen LogP contribution in [0.4, 0.5) is 0 Å². The fourth-order valence-electron chi connectivity index (χ4n) is 1.53. The van der Waals surface area contributed by atoms with Gasteiger partial charge in [-0.15, -0.1) is 0 Å². The van der Waals surface area contributed by atoms with Crippen molar-refractivity contribution in [2.24, 2.45) is 0 Å². The summed E-state index contributed by atoms with van der Waals surface area (Å²) in [7, 11) is 3.12. The summed E-state index contributed by atoms with van der Waals surface area (Å²) in [6.07, 6.45) is 2.93. The van der Waals surface area contributed by atoms with Crippen LogP contribution in [0.3, 0.4) is 0 Å². The van der Waals surface area contributed by atoms with Gasteiger partial charge >= 0.3 is 0 Å². The molecular formula is C11H14N4O3. The van der Waals surface area contributed by atoms with Gasteiger partial charge in [-0.1, -0.05) is 5.16 Å². The van der Waals surface area contributed by atoms with Gasteiger partial charge in [0.2, 0.25) is 11.8 Å². The van der Waals surface area contributed by atoms with Gasteiger partial charge in [-0.3, -0.25) is 0 Å². The fourth-order valence-corrected chi connectivity index (χ4v) is 1.53. The molecule has 7 heteroatoms. The Morgan fingerprint density at radius 3 is 2.44 bits per heavy atom. The summed E-state index contributed by atoms with van der Waals surface area (Å²) in [6, 6.07) is 1.79. The van der Waals surface area contributed by atoms with Crippen LogP contribution < -0.4 is 14.8 Å². The Labute approximate surface area is 104 Å². The summed E-state index contributed by atoms with van der Waals surface area (Å²) in [5.74, 6) is 0.990. The van der Waals surface area contributed by atoms with Gasteiger partial charge in [0.15, 0.2) is 0 Å². The summed E-state index contributed by atoms with van der Waals surface area (Å²) in [5.41, 5.74) is 1.59. The molecule has 0 saturated heterocycles. The van der Waals surface area contributed by atoms with Gasteiger partial charge in [0.1, 0.15) is 12.6 Å². The molecule has 0 aromatic carbocycles. The zero-order chi connectivity index (χ0) is 12.8. The zero-order valence-corrected chi connectivity index (χ0v) is 10.2. The predicted octanol–water partition coefficient (Wildman–Crippen LogP) is 0.772. The SMILES string of the molecule is COc1ncnc(OC)c1CNCc1ccon1. The molecule has 0 unspecified atom stereocenters. The number of nitrogens with one attached hydrogen (secondary N) is 1. The summed E-state index contributed by atoms with van der Waals surface area (Å²) in [6.45, 7) is 1.09. The van der Waals surface area contributed by atoms with Crippen LogP contribution in [0.1, 0.15) is 11.3 Å². The largest absolute Gasteiger partial charge is 0.481 e. The van der Waals surface area contributed by atoms with E-state index < -0.39 is 0 Å². The van der Waals surface area contributed by atoms with Gasteiger partial charge in [-0.2, -0.15) is 0 Å². The molecule has 1 N–H and O–H groups in total. The maximum atomic E-state index is 5.17. The predicted molar refractivity (Wildman–Crippen MR) is 62.2 cm³/mol. The molecule has 18 heavy (non-hydrogen) atoms. The molecule has 2 aromatic rings. The van der Waals surface area contributed by atoms with Crippen molar-refractivity contribution in [3.8, 4) is 11.8 Å². The van der Waals surface area contributed by atoms with E-state index in [1.165, 1.54) is 12.6 Å². The lowest BCUT2D eigenvalue weighted by Gasteiger charge is -2.10. The fraction of sp³-hybridized carbons (Fsp3) is 0.364. The number of aromatic nitrogens is 3. The van der Waals surface area contributed by atoms with E-state index in [2.05, 4.69) is 20.4 Å². The third kappa shape index (κ3) is 2.75. The van der Waals surface area contributed by atoms with Gasteiger partial charge in [0.05, 0.1) is 25.5 Å². The van der Waals surface area contributed by atoms with E-state index in [9.17, 15) is 0 Å². The Morgan fingerprint density at radius 1 is 1.17 bits per heavy atom. The lowest BCUT2D eigenvalue weighted by molar-refractivity contribution is 0.358. The molecule has 0 spiro atoms. The van der Waals surface area contributed by atoms with E-state index >= 15 is 0 Å². The first-order chi connectivity index (χ1) is 8.85. The second-order valence-corrected chi connectivity index (χ2v) is 3.47. The molecule has 2 aromatic heterocycles. The number of rotatable bonds is 6. The lowest BCUT2D eigenvalue weighted by Crippen LogP contribution is -2.15. The van der Waals surface area contributed by atoms with Crippen molar-refractivity contribution < 1.29 is 14.0 Å². The van der Waals surface area contributed by atoms with Crippen molar-refractivity contribution in [2.75, 3.05) is 14.2 Å². The van der Waals surface area contributed by atoms with Crippen molar-refractivity contribution in [1.29, 1.82) is 0 Å². The molecule has 0 aliphatic rings. The molecule has 96 valence electrons. The molecule has 7 nitrogen and oxygen atoms in total. The monoisotopic (exact) mass is 250 g/mol. The first kappa shape index (κ1) is 12.3. The minimum Gasteiger partial charge on any atom is -0.481 e. The van der Waals surface area contributed by atoms with Crippen molar-refractivity contribution >= 4 is 0 Å². The summed E-state index contributed by atoms with van der Waals surface area (Å²) in [4.78, 5) is 8.07. The third-order valence-electron chi connectivity index (χ3n) is 2.35. The summed E-state index contributed by atoms with van der Waals surface area (Å²) >= 11 is 0. The molecule has 0 amide bonds. The van der Waals surface area contributed by atoms with Crippen molar-refractivity contribution in [3.05, 3.63) is 29.9 Å². The van der Waals surface area contributed by atoms with Crippen molar-refractivity contribution in [2.45, 2.75) is 13.1 Å². The van der Waals surface area contributed by atoms with E-state index in [0.29, 0.717) is 24.8 Å². The highest BCUT2D eigenvalue weighted by Crippen LogP contribution is 2.22. The normalized spacial score (nSPS) is 10.3. The third-order valence-corrected chi connectivity index (χ3v) is 2.35. The van der Waals surface area contributed by atoms with Gasteiger partial charge in [0.25, 0.3) is 0 Å². The van der Waals surface area contributed by atoms with Crippen LogP contribution in [-0.2, 0) is 13.1 Å². The summed E-state index contributed by atoms with van der Waals surface area (Å²) in [5, 5.41) is 6.99. The average molecular weight is 250 g/mol. The molecule has 0 radical (unpaired) electrons. The van der Waals surface area contributed by atoms with E-state index in [1.54, 1.807) is 20.3 Å². The average Bonchev–Trinajstić information content (AvgIpc) is 2.92. The Morgan fingerprint density at radius 2 is 1.89 bits per heavy atom. The van der Waals surface area contributed by atoms with Crippen LogP contribution in [0.2, 0.25) is 0 Å². The van der Waals surface area contributed by atoms with E-state index in [-0.39, 0.29) is 0 Å². The van der Waals surface area contributed by atoms with Gasteiger partial charge in [-0.25, -0.2) is 9.97 Å². The van der Waals surface area contributed by atoms with Crippen LogP contribution in [0, 0.1) is 0 Å². The zero-order valence-electron chi connectivity index (χ0n) is 10.2. The van der Waals surface area contributed by atoms with E-state index in [1.807, 2.05) is 0 Å². The van der Waals surface area contributed by atoms with E-state index in [0.717, 1.165) is 11.3 Å². The molecule has 2 rings (SSSR count). The van der Waals surface area contributed by atoms with Crippen molar-refractivity contribution in [1.82, 2.24) is 20.4 Å². The number of methoxy groups -OCH3 is 2. The summed E-state index contributed by atoms with van der Waals surface area (Å²) < 4.78 is 15.1. The van der Waals surface area contributed by atoms with Crippen LogP contribution >= 0.6 is 0 Å². The van der Waals surface area contributed by atoms with Crippen molar-refractivity contribution in [3.63, 3.8) is 0 Å². The highest BCUT2D eigenvalue weighted by Gasteiger charge is 2.12. The molecule has 0 saturated carbocycles. The number of nitrogens with zero attached hydrogens (tertiary/aromatic N) is 3. The molecule has 0 fully saturated rings. The van der Waals surface area contributed by atoms with Crippen LogP contribution in [0.15, 0.2) is 23.2 Å². The van der Waals surface area contributed by atoms with Crippen LogP contribution in [-0.4, -0.2) is 29.3 Å². The minimum atomic E-state index is 0.495. The second-order valence-electron chi connectivity index (χ2n) is 3.47. The number of hydrogen-bond acceptors (Lipinski definition) is 7. The highest BCUT2D eigenvalue weighted by atomic mass is 16.5. The molecule has 2 heterocycles. The maximum absolute atomic E-state index is 5.17. The first-order valence-corrected chi connectivity index (χ1v) is 5.37. The van der Waals surface area contributed by atoms with Gasteiger partial charge in [-0.05, 0) is 0 Å². The quantitative estimate of drug-likeness (QED) is 0.810. The van der Waals surface area contributed by atoms with Crippen LogP contribution in [0.5, 0.6) is 11.8 Å². The first-order valence-electron chi connectivity index (χ1n) is 5.37. The molecule has 0 bridgehead atoms. The van der Waals surface area contributed by atoms with E-state index in [4.69, 9.17) is 14.0 Å². The molecular weight excluding hydrogens is 236 g/mol. The Balaban J connectivity index is 2.03. The Bertz CT molecular complexity index is 465. The smallest absolute Gasteiger partial charge is 0.224 e. The van der Waals surface area contributed by atoms with Crippen LogP contribution in [0.25, 0.3) is 0 Å². The Kier molecular flexibility index (Phi) is 4.08. The molecule has 0 aliphatic heterocycles. The van der Waals surface area contributed by atoms with Gasteiger partial charge in [0, 0.05) is 19.2 Å². The maximum Gasteiger partial charge on any atom is 0.224 e. The Hall–Kier alpha value is -2.15. The standard InChI is InChI=1S/C11H14N4O3/c1-16-10-9(11(17-2)14-7-13-10)6-12-5-8-3-4-18-15-8/h3-4,7,12H,5-6H2,1-2H3. The topological polar surface area (TPSA) is 82.3 Å². The molecule has 0 aliphatic carbocycles. The second kappa shape index (κ2) is 5.97. The minimum absolute atomic E-state index is 0.495. The lowest BCUT2D eigenvalue weighted by atomic mass is 10.3.